The predicted octanol–water partition coefficient (Wildman–Crippen LogP) is 3.98. The number of ether oxygens (including phenoxy) is 1. The van der Waals surface area contributed by atoms with Gasteiger partial charge in [0.15, 0.2) is 0 Å². The highest BCUT2D eigenvalue weighted by atomic mass is 32.1. The van der Waals surface area contributed by atoms with Crippen LogP contribution in [0, 0.1) is 13.8 Å². The first-order chi connectivity index (χ1) is 12.6. The zero-order chi connectivity index (χ0) is 18.5. The maximum Gasteiger partial charge on any atom is 0.251 e. The SMILES string of the molecule is CCOc1ccc(C(=O)NCC(c2cccs2)n2nc(C)cc2C)cc1. The molecule has 0 radical (unpaired) electrons. The fourth-order valence-corrected chi connectivity index (χ4v) is 3.72. The Hall–Kier alpha value is -2.60. The van der Waals surface area contributed by atoms with E-state index in [9.17, 15) is 4.79 Å². The van der Waals surface area contributed by atoms with Crippen molar-refractivity contribution in [3.8, 4) is 5.75 Å². The number of nitrogens with one attached hydrogen (secondary N) is 1. The molecule has 2 aromatic heterocycles. The summed E-state index contributed by atoms with van der Waals surface area (Å²) in [6.07, 6.45) is 0. The summed E-state index contributed by atoms with van der Waals surface area (Å²) >= 11 is 1.67. The van der Waals surface area contributed by atoms with Gasteiger partial charge in [0.25, 0.3) is 5.91 Å². The zero-order valence-electron chi connectivity index (χ0n) is 15.2. The second-order valence-electron chi connectivity index (χ2n) is 6.07. The van der Waals surface area contributed by atoms with Gasteiger partial charge in [0.05, 0.1) is 12.3 Å². The Labute approximate surface area is 157 Å². The van der Waals surface area contributed by atoms with Crippen molar-refractivity contribution in [3.05, 3.63) is 69.7 Å². The molecular formula is C20H23N3O2S. The molecule has 0 bridgehead atoms. The average Bonchev–Trinajstić information content (AvgIpc) is 3.26. The quantitative estimate of drug-likeness (QED) is 0.685. The number of carbonyl (C=O) groups excluding carboxylic acids is 1. The second-order valence-corrected chi connectivity index (χ2v) is 7.05. The van der Waals surface area contributed by atoms with Gasteiger partial charge in [-0.25, -0.2) is 0 Å². The third-order valence-electron chi connectivity index (χ3n) is 4.09. The fourth-order valence-electron chi connectivity index (χ4n) is 2.91. The molecule has 2 heterocycles. The van der Waals surface area contributed by atoms with Gasteiger partial charge in [0.2, 0.25) is 0 Å². The normalized spacial score (nSPS) is 12.0. The number of thiophene rings is 1. The highest BCUT2D eigenvalue weighted by Gasteiger charge is 2.19. The number of hydrogen-bond donors (Lipinski definition) is 1. The first-order valence-corrected chi connectivity index (χ1v) is 9.53. The van der Waals surface area contributed by atoms with Crippen LogP contribution in [0.1, 0.15) is 39.6 Å². The highest BCUT2D eigenvalue weighted by molar-refractivity contribution is 7.10. The molecule has 3 aromatic rings. The van der Waals surface area contributed by atoms with Crippen molar-refractivity contribution >= 4 is 17.2 Å². The van der Waals surface area contributed by atoms with Crippen molar-refractivity contribution in [2.24, 2.45) is 0 Å². The van der Waals surface area contributed by atoms with E-state index in [0.717, 1.165) is 17.1 Å². The summed E-state index contributed by atoms with van der Waals surface area (Å²) in [4.78, 5) is 13.7. The van der Waals surface area contributed by atoms with E-state index in [4.69, 9.17) is 4.74 Å². The predicted molar refractivity (Wildman–Crippen MR) is 104 cm³/mol. The number of carbonyl (C=O) groups is 1. The van der Waals surface area contributed by atoms with Crippen LogP contribution in [0.3, 0.4) is 0 Å². The first kappa shape index (κ1) is 18.2. The van der Waals surface area contributed by atoms with E-state index in [1.807, 2.05) is 49.0 Å². The minimum atomic E-state index is -0.101. The summed E-state index contributed by atoms with van der Waals surface area (Å²) in [5.41, 5.74) is 2.67. The van der Waals surface area contributed by atoms with Crippen molar-refractivity contribution in [3.63, 3.8) is 0 Å². The molecule has 0 fully saturated rings. The molecule has 0 aliphatic heterocycles. The van der Waals surface area contributed by atoms with Gasteiger partial charge in [-0.1, -0.05) is 6.07 Å². The molecule has 0 aliphatic rings. The Kier molecular flexibility index (Phi) is 5.73. The Morgan fingerprint density at radius 3 is 2.62 bits per heavy atom. The molecule has 5 nitrogen and oxygen atoms in total. The van der Waals surface area contributed by atoms with E-state index in [-0.39, 0.29) is 11.9 Å². The molecule has 1 unspecified atom stereocenters. The molecule has 26 heavy (non-hydrogen) atoms. The summed E-state index contributed by atoms with van der Waals surface area (Å²) in [5, 5.41) is 9.69. The van der Waals surface area contributed by atoms with Crippen LogP contribution in [0.5, 0.6) is 5.75 Å². The van der Waals surface area contributed by atoms with Crippen LogP contribution < -0.4 is 10.1 Å². The number of benzene rings is 1. The summed E-state index contributed by atoms with van der Waals surface area (Å²) in [7, 11) is 0. The molecular weight excluding hydrogens is 346 g/mol. The van der Waals surface area contributed by atoms with Crippen molar-refractivity contribution < 1.29 is 9.53 Å². The monoisotopic (exact) mass is 369 g/mol. The van der Waals surface area contributed by atoms with Gasteiger partial charge in [-0.2, -0.15) is 5.10 Å². The van der Waals surface area contributed by atoms with Crippen molar-refractivity contribution in [1.82, 2.24) is 15.1 Å². The fraction of sp³-hybridized carbons (Fsp3) is 0.300. The summed E-state index contributed by atoms with van der Waals surface area (Å²) in [6, 6.07) is 13.3. The standard InChI is InChI=1S/C20H23N3O2S/c1-4-25-17-9-7-16(8-10-17)20(24)21-13-18(19-6-5-11-26-19)23-15(3)12-14(2)22-23/h5-12,18H,4,13H2,1-3H3,(H,21,24). The number of nitrogens with zero attached hydrogens (tertiary/aromatic N) is 2. The van der Waals surface area contributed by atoms with Crippen molar-refractivity contribution in [2.75, 3.05) is 13.2 Å². The average molecular weight is 369 g/mol. The lowest BCUT2D eigenvalue weighted by Gasteiger charge is -2.19. The number of amides is 1. The number of aryl methyl sites for hydroxylation is 2. The number of aromatic nitrogens is 2. The Morgan fingerprint density at radius 2 is 2.04 bits per heavy atom. The first-order valence-electron chi connectivity index (χ1n) is 8.65. The molecule has 1 amide bonds. The van der Waals surface area contributed by atoms with Gasteiger partial charge in [-0.15, -0.1) is 11.3 Å². The Balaban J connectivity index is 1.73. The van der Waals surface area contributed by atoms with Crippen molar-refractivity contribution in [1.29, 1.82) is 0 Å². The second kappa shape index (κ2) is 8.19. The molecule has 1 aromatic carbocycles. The van der Waals surface area contributed by atoms with Crippen LogP contribution in [0.4, 0.5) is 0 Å². The van der Waals surface area contributed by atoms with Crippen LogP contribution in [-0.4, -0.2) is 28.8 Å². The summed E-state index contributed by atoms with van der Waals surface area (Å²) < 4.78 is 7.40. The van der Waals surface area contributed by atoms with E-state index in [1.165, 1.54) is 4.88 Å². The largest absolute Gasteiger partial charge is 0.494 e. The van der Waals surface area contributed by atoms with Crippen LogP contribution in [0.2, 0.25) is 0 Å². The molecule has 0 saturated carbocycles. The van der Waals surface area contributed by atoms with Crippen LogP contribution in [0.25, 0.3) is 0 Å². The topological polar surface area (TPSA) is 56.1 Å². The lowest BCUT2D eigenvalue weighted by molar-refractivity contribution is 0.0949. The van der Waals surface area contributed by atoms with Crippen molar-refractivity contribution in [2.45, 2.75) is 26.8 Å². The maximum atomic E-state index is 12.5. The van der Waals surface area contributed by atoms with Crippen LogP contribution in [0.15, 0.2) is 47.8 Å². The molecule has 6 heteroatoms. The molecule has 3 rings (SSSR count). The molecule has 136 valence electrons. The summed E-state index contributed by atoms with van der Waals surface area (Å²) in [5.74, 6) is 0.666. The Morgan fingerprint density at radius 1 is 1.27 bits per heavy atom. The van der Waals surface area contributed by atoms with Gasteiger partial charge < -0.3 is 10.1 Å². The van der Waals surface area contributed by atoms with E-state index >= 15 is 0 Å². The van der Waals surface area contributed by atoms with Crippen LogP contribution >= 0.6 is 11.3 Å². The molecule has 1 atom stereocenters. The van der Waals surface area contributed by atoms with E-state index in [2.05, 4.69) is 22.5 Å². The summed E-state index contributed by atoms with van der Waals surface area (Å²) in [6.45, 7) is 7.04. The number of rotatable bonds is 7. The molecule has 0 spiro atoms. The van der Waals surface area contributed by atoms with Gasteiger partial charge >= 0.3 is 0 Å². The smallest absolute Gasteiger partial charge is 0.251 e. The third-order valence-corrected chi connectivity index (χ3v) is 5.07. The van der Waals surface area contributed by atoms with E-state index in [0.29, 0.717) is 18.7 Å². The maximum absolute atomic E-state index is 12.5. The third kappa shape index (κ3) is 4.14. The van der Waals surface area contributed by atoms with Gasteiger partial charge in [-0.3, -0.25) is 9.48 Å². The molecule has 1 N–H and O–H groups in total. The Bertz CT molecular complexity index is 854. The molecule has 0 aliphatic carbocycles. The lowest BCUT2D eigenvalue weighted by Crippen LogP contribution is -2.31. The minimum absolute atomic E-state index is 0.0182. The zero-order valence-corrected chi connectivity index (χ0v) is 16.0. The van der Waals surface area contributed by atoms with E-state index < -0.39 is 0 Å². The van der Waals surface area contributed by atoms with Gasteiger partial charge in [0, 0.05) is 22.7 Å². The van der Waals surface area contributed by atoms with E-state index in [1.54, 1.807) is 23.5 Å². The van der Waals surface area contributed by atoms with Gasteiger partial charge in [0.1, 0.15) is 11.8 Å². The number of hydrogen-bond acceptors (Lipinski definition) is 4. The van der Waals surface area contributed by atoms with Crippen LogP contribution in [-0.2, 0) is 0 Å². The highest BCUT2D eigenvalue weighted by Crippen LogP contribution is 2.24. The lowest BCUT2D eigenvalue weighted by atomic mass is 10.2. The molecule has 0 saturated heterocycles. The minimum Gasteiger partial charge on any atom is -0.494 e. The van der Waals surface area contributed by atoms with Gasteiger partial charge in [-0.05, 0) is 62.5 Å².